The third-order valence-electron chi connectivity index (χ3n) is 3.26. The largest absolute Gasteiger partial charge is 0.395 e. The highest BCUT2D eigenvalue weighted by Gasteiger charge is 2.19. The van der Waals surface area contributed by atoms with Crippen LogP contribution in [0.25, 0.3) is 0 Å². The van der Waals surface area contributed by atoms with Crippen molar-refractivity contribution in [3.63, 3.8) is 0 Å². The average molecular weight is 258 g/mol. The number of nitrogens with one attached hydrogen (secondary N) is 1. The van der Waals surface area contributed by atoms with Crippen molar-refractivity contribution < 1.29 is 9.90 Å². The Morgan fingerprint density at radius 1 is 1.53 bits per heavy atom. The van der Waals surface area contributed by atoms with Gasteiger partial charge in [0.1, 0.15) is 5.69 Å². The third kappa shape index (κ3) is 3.80. The van der Waals surface area contributed by atoms with E-state index in [0.29, 0.717) is 23.6 Å². The van der Waals surface area contributed by atoms with Crippen LogP contribution in [0.1, 0.15) is 41.7 Å². The molecule has 0 aliphatic heterocycles. The molecule has 1 aliphatic carbocycles. The molecule has 4 heteroatoms. The summed E-state index contributed by atoms with van der Waals surface area (Å²) in [5.74, 6) is 6.15. The van der Waals surface area contributed by atoms with Crippen molar-refractivity contribution in [1.82, 2.24) is 10.3 Å². The van der Waals surface area contributed by atoms with E-state index >= 15 is 0 Å². The van der Waals surface area contributed by atoms with Crippen LogP contribution in [0.2, 0.25) is 0 Å². The lowest BCUT2D eigenvalue weighted by Crippen LogP contribution is -2.33. The first-order valence-corrected chi connectivity index (χ1v) is 6.64. The van der Waals surface area contributed by atoms with Crippen molar-refractivity contribution in [2.24, 2.45) is 5.92 Å². The maximum Gasteiger partial charge on any atom is 0.271 e. The van der Waals surface area contributed by atoms with Gasteiger partial charge in [-0.25, -0.2) is 4.98 Å². The summed E-state index contributed by atoms with van der Waals surface area (Å²) in [6.45, 7) is 0.745. The molecule has 4 nitrogen and oxygen atoms in total. The van der Waals surface area contributed by atoms with Gasteiger partial charge in [-0.05, 0) is 30.9 Å². The Bertz CT molecular complexity index is 498. The minimum absolute atomic E-state index is 0.0243. The molecule has 1 fully saturated rings. The predicted octanol–water partition coefficient (Wildman–Crippen LogP) is 1.35. The summed E-state index contributed by atoms with van der Waals surface area (Å²) < 4.78 is 0. The quantitative estimate of drug-likeness (QED) is 0.801. The van der Waals surface area contributed by atoms with Gasteiger partial charge in [0.15, 0.2) is 0 Å². The van der Waals surface area contributed by atoms with Crippen LogP contribution in [-0.4, -0.2) is 29.1 Å². The van der Waals surface area contributed by atoms with E-state index in [1.54, 1.807) is 18.3 Å². The van der Waals surface area contributed by atoms with Gasteiger partial charge in [0.25, 0.3) is 5.91 Å². The number of carbonyl (C=O) groups excluding carboxylic acids is 1. The second-order valence-electron chi connectivity index (χ2n) is 4.68. The lowest BCUT2D eigenvalue weighted by molar-refractivity contribution is 0.0934. The molecule has 1 aromatic heterocycles. The molecule has 2 rings (SSSR count). The standard InChI is InChI=1S/C15H18N2O2/c18-10-2-1-7-13-8-4-9-16-14(13)15(19)17-11-12-5-3-6-12/h4,8-9,12,18H,2-3,5-6,10-11H2,(H,17,19). The highest BCUT2D eigenvalue weighted by molar-refractivity contribution is 5.94. The lowest BCUT2D eigenvalue weighted by Gasteiger charge is -2.25. The van der Waals surface area contributed by atoms with E-state index in [0.717, 1.165) is 6.54 Å². The third-order valence-corrected chi connectivity index (χ3v) is 3.26. The van der Waals surface area contributed by atoms with Crippen LogP contribution in [0.3, 0.4) is 0 Å². The lowest BCUT2D eigenvalue weighted by atomic mass is 9.85. The second kappa shape index (κ2) is 6.91. The smallest absolute Gasteiger partial charge is 0.271 e. The summed E-state index contributed by atoms with van der Waals surface area (Å²) in [6, 6.07) is 3.53. The van der Waals surface area contributed by atoms with E-state index in [9.17, 15) is 4.79 Å². The molecule has 0 aromatic carbocycles. The van der Waals surface area contributed by atoms with Gasteiger partial charge in [0, 0.05) is 19.2 Å². The molecule has 1 amide bonds. The fraction of sp³-hybridized carbons (Fsp3) is 0.467. The summed E-state index contributed by atoms with van der Waals surface area (Å²) in [7, 11) is 0. The zero-order valence-electron chi connectivity index (χ0n) is 10.9. The van der Waals surface area contributed by atoms with Gasteiger partial charge in [-0.3, -0.25) is 4.79 Å². The number of rotatable bonds is 4. The van der Waals surface area contributed by atoms with Crippen molar-refractivity contribution in [1.29, 1.82) is 0 Å². The van der Waals surface area contributed by atoms with Crippen LogP contribution >= 0.6 is 0 Å². The molecular formula is C15H18N2O2. The maximum atomic E-state index is 12.1. The molecule has 0 bridgehead atoms. The molecule has 2 N–H and O–H groups in total. The number of aliphatic hydroxyl groups excluding tert-OH is 1. The van der Waals surface area contributed by atoms with E-state index in [2.05, 4.69) is 22.1 Å². The molecular weight excluding hydrogens is 240 g/mol. The van der Waals surface area contributed by atoms with E-state index < -0.39 is 0 Å². The minimum Gasteiger partial charge on any atom is -0.395 e. The topological polar surface area (TPSA) is 62.2 Å². The number of hydrogen-bond donors (Lipinski definition) is 2. The zero-order valence-corrected chi connectivity index (χ0v) is 10.9. The summed E-state index contributed by atoms with van der Waals surface area (Å²) in [4.78, 5) is 16.2. The summed E-state index contributed by atoms with van der Waals surface area (Å²) in [6.07, 6.45) is 5.66. The van der Waals surface area contributed by atoms with Gasteiger partial charge < -0.3 is 10.4 Å². The zero-order chi connectivity index (χ0) is 13.5. The Balaban J connectivity index is 2.01. The van der Waals surface area contributed by atoms with E-state index in [4.69, 9.17) is 5.11 Å². The summed E-state index contributed by atoms with van der Waals surface area (Å²) in [5.41, 5.74) is 0.981. The van der Waals surface area contributed by atoms with Gasteiger partial charge in [0.2, 0.25) is 0 Å². The Morgan fingerprint density at radius 2 is 2.37 bits per heavy atom. The first kappa shape index (κ1) is 13.6. The van der Waals surface area contributed by atoms with Crippen molar-refractivity contribution in [2.75, 3.05) is 13.2 Å². The molecule has 1 heterocycles. The monoisotopic (exact) mass is 258 g/mol. The molecule has 1 aliphatic rings. The normalized spacial score (nSPS) is 14.2. The minimum atomic E-state index is -0.166. The van der Waals surface area contributed by atoms with Crippen LogP contribution in [0.4, 0.5) is 0 Å². The van der Waals surface area contributed by atoms with Crippen LogP contribution in [0.5, 0.6) is 0 Å². The molecule has 0 atom stereocenters. The van der Waals surface area contributed by atoms with Gasteiger partial charge >= 0.3 is 0 Å². The Morgan fingerprint density at radius 3 is 3.05 bits per heavy atom. The van der Waals surface area contributed by atoms with E-state index in [1.807, 2.05) is 0 Å². The predicted molar refractivity (Wildman–Crippen MR) is 72.5 cm³/mol. The fourth-order valence-corrected chi connectivity index (χ4v) is 1.92. The van der Waals surface area contributed by atoms with Gasteiger partial charge in [-0.15, -0.1) is 0 Å². The highest BCUT2D eigenvalue weighted by Crippen LogP contribution is 2.25. The number of aromatic nitrogens is 1. The first-order valence-electron chi connectivity index (χ1n) is 6.64. The summed E-state index contributed by atoms with van der Waals surface area (Å²) in [5, 5.41) is 11.6. The summed E-state index contributed by atoms with van der Waals surface area (Å²) >= 11 is 0. The van der Waals surface area contributed by atoms with Crippen LogP contribution in [-0.2, 0) is 0 Å². The Labute approximate surface area is 113 Å². The average Bonchev–Trinajstić information content (AvgIpc) is 2.37. The van der Waals surface area contributed by atoms with Gasteiger partial charge in [-0.2, -0.15) is 0 Å². The van der Waals surface area contributed by atoms with Gasteiger partial charge in [-0.1, -0.05) is 18.3 Å². The Hall–Kier alpha value is -1.86. The molecule has 0 spiro atoms. The maximum absolute atomic E-state index is 12.1. The first-order chi connectivity index (χ1) is 9.31. The van der Waals surface area contributed by atoms with Crippen LogP contribution < -0.4 is 5.32 Å². The number of amides is 1. The molecule has 0 saturated heterocycles. The Kier molecular flexibility index (Phi) is 4.93. The molecule has 100 valence electrons. The molecule has 1 saturated carbocycles. The fourth-order valence-electron chi connectivity index (χ4n) is 1.92. The highest BCUT2D eigenvalue weighted by atomic mass is 16.2. The number of aliphatic hydroxyl groups is 1. The van der Waals surface area contributed by atoms with Crippen molar-refractivity contribution in [2.45, 2.75) is 25.7 Å². The van der Waals surface area contributed by atoms with Crippen molar-refractivity contribution in [3.05, 3.63) is 29.6 Å². The second-order valence-corrected chi connectivity index (χ2v) is 4.68. The van der Waals surface area contributed by atoms with E-state index in [-0.39, 0.29) is 12.5 Å². The van der Waals surface area contributed by atoms with Gasteiger partial charge in [0.05, 0.1) is 12.2 Å². The van der Waals surface area contributed by atoms with Crippen LogP contribution in [0, 0.1) is 17.8 Å². The van der Waals surface area contributed by atoms with Crippen molar-refractivity contribution >= 4 is 5.91 Å². The number of nitrogens with zero attached hydrogens (tertiary/aromatic N) is 1. The van der Waals surface area contributed by atoms with E-state index in [1.165, 1.54) is 19.3 Å². The molecule has 19 heavy (non-hydrogen) atoms. The molecule has 0 unspecified atom stereocenters. The number of hydrogen-bond acceptors (Lipinski definition) is 3. The SMILES string of the molecule is O=C(NCC1CCC1)c1ncccc1C#CCCO. The number of pyridine rings is 1. The number of carbonyl (C=O) groups is 1. The molecule has 0 radical (unpaired) electrons. The molecule has 1 aromatic rings. The van der Waals surface area contributed by atoms with Crippen molar-refractivity contribution in [3.8, 4) is 11.8 Å². The van der Waals surface area contributed by atoms with Crippen LogP contribution in [0.15, 0.2) is 18.3 Å².